The topological polar surface area (TPSA) is 58.6 Å². The highest BCUT2D eigenvalue weighted by Gasteiger charge is 2.29. The van der Waals surface area contributed by atoms with Crippen molar-refractivity contribution in [3.8, 4) is 0 Å². The Kier molecular flexibility index (Phi) is 2.84. The molecule has 1 heterocycles. The van der Waals surface area contributed by atoms with E-state index in [1.807, 2.05) is 6.92 Å². The van der Waals surface area contributed by atoms with Gasteiger partial charge in [0.05, 0.1) is 6.42 Å². The highest BCUT2D eigenvalue weighted by Crippen LogP contribution is 2.17. The largest absolute Gasteiger partial charge is 0.461 e. The maximum absolute atomic E-state index is 10.3. The number of cyclic esters (lactones) is 1. The van der Waals surface area contributed by atoms with E-state index in [-0.39, 0.29) is 12.1 Å². The average Bonchev–Trinajstić information content (AvgIpc) is 1.85. The van der Waals surface area contributed by atoms with Crippen molar-refractivity contribution in [2.45, 2.75) is 32.1 Å². The van der Waals surface area contributed by atoms with Gasteiger partial charge in [0, 0.05) is 6.42 Å². The standard InChI is InChI=1S/C7H13NO3/c1-2-8-6(9)3-5-4-7(10)11-5/h5-6,8-9H,2-4H2,1H3. The summed E-state index contributed by atoms with van der Waals surface area (Å²) in [6.45, 7) is 2.64. The number of hydrogen-bond acceptors (Lipinski definition) is 4. The SMILES string of the molecule is CCNC(O)CC1CC(=O)O1. The van der Waals surface area contributed by atoms with Gasteiger partial charge in [-0.2, -0.15) is 0 Å². The summed E-state index contributed by atoms with van der Waals surface area (Å²) in [7, 11) is 0. The number of nitrogens with one attached hydrogen (secondary N) is 1. The Balaban J connectivity index is 2.06. The van der Waals surface area contributed by atoms with Crippen LogP contribution in [0.3, 0.4) is 0 Å². The average molecular weight is 159 g/mol. The molecular formula is C7H13NO3. The molecule has 0 saturated carbocycles. The van der Waals surface area contributed by atoms with Gasteiger partial charge in [0.2, 0.25) is 0 Å². The Morgan fingerprint density at radius 2 is 2.55 bits per heavy atom. The molecule has 1 fully saturated rings. The van der Waals surface area contributed by atoms with E-state index in [1.54, 1.807) is 0 Å². The molecule has 0 aliphatic carbocycles. The van der Waals surface area contributed by atoms with Gasteiger partial charge < -0.3 is 9.84 Å². The number of carbonyl (C=O) groups is 1. The Morgan fingerprint density at radius 3 is 3.00 bits per heavy atom. The number of aliphatic hydroxyl groups is 1. The van der Waals surface area contributed by atoms with Crippen molar-refractivity contribution < 1.29 is 14.6 Å². The molecule has 2 unspecified atom stereocenters. The summed E-state index contributed by atoms with van der Waals surface area (Å²) in [4.78, 5) is 10.3. The molecule has 0 aromatic carbocycles. The van der Waals surface area contributed by atoms with Crippen LogP contribution in [0.1, 0.15) is 19.8 Å². The van der Waals surface area contributed by atoms with E-state index in [2.05, 4.69) is 5.32 Å². The molecule has 11 heavy (non-hydrogen) atoms. The second-order valence-corrected chi connectivity index (χ2v) is 2.63. The third-order valence-electron chi connectivity index (χ3n) is 1.62. The molecular weight excluding hydrogens is 146 g/mol. The third kappa shape index (κ3) is 2.48. The quantitative estimate of drug-likeness (QED) is 0.433. The fourth-order valence-corrected chi connectivity index (χ4v) is 1.06. The minimum Gasteiger partial charge on any atom is -0.461 e. The van der Waals surface area contributed by atoms with Gasteiger partial charge >= 0.3 is 5.97 Å². The van der Waals surface area contributed by atoms with E-state index >= 15 is 0 Å². The lowest BCUT2D eigenvalue weighted by molar-refractivity contribution is -0.172. The zero-order valence-electron chi connectivity index (χ0n) is 6.54. The van der Waals surface area contributed by atoms with Crippen molar-refractivity contribution in [3.05, 3.63) is 0 Å². The summed E-state index contributed by atoms with van der Waals surface area (Å²) in [5, 5.41) is 12.0. The third-order valence-corrected chi connectivity index (χ3v) is 1.62. The van der Waals surface area contributed by atoms with Crippen LogP contribution in [0.2, 0.25) is 0 Å². The second kappa shape index (κ2) is 3.69. The number of aliphatic hydroxyl groups excluding tert-OH is 1. The first-order chi connectivity index (χ1) is 5.22. The van der Waals surface area contributed by atoms with E-state index in [1.165, 1.54) is 0 Å². The van der Waals surface area contributed by atoms with Crippen LogP contribution in [0, 0.1) is 0 Å². The molecule has 0 aromatic rings. The monoisotopic (exact) mass is 159 g/mol. The molecule has 4 heteroatoms. The van der Waals surface area contributed by atoms with Gasteiger partial charge in [-0.05, 0) is 6.54 Å². The minimum atomic E-state index is -0.543. The fraction of sp³-hybridized carbons (Fsp3) is 0.857. The predicted octanol–water partition coefficient (Wildman–Crippen LogP) is -0.380. The highest BCUT2D eigenvalue weighted by molar-refractivity contribution is 5.75. The number of esters is 1. The zero-order valence-corrected chi connectivity index (χ0v) is 6.54. The van der Waals surface area contributed by atoms with Crippen LogP contribution in [0.5, 0.6) is 0 Å². The predicted molar refractivity (Wildman–Crippen MR) is 38.8 cm³/mol. The zero-order chi connectivity index (χ0) is 8.27. The number of carbonyl (C=O) groups excluding carboxylic acids is 1. The van der Waals surface area contributed by atoms with Gasteiger partial charge in [-0.3, -0.25) is 10.1 Å². The molecule has 1 saturated heterocycles. The van der Waals surface area contributed by atoms with Crippen LogP contribution in [0.25, 0.3) is 0 Å². The Hall–Kier alpha value is -0.610. The maximum Gasteiger partial charge on any atom is 0.309 e. The second-order valence-electron chi connectivity index (χ2n) is 2.63. The van der Waals surface area contributed by atoms with Crippen LogP contribution < -0.4 is 5.32 Å². The summed E-state index contributed by atoms with van der Waals surface area (Å²) >= 11 is 0. The van der Waals surface area contributed by atoms with Gasteiger partial charge in [-0.1, -0.05) is 6.92 Å². The lowest BCUT2D eigenvalue weighted by Gasteiger charge is -2.27. The number of rotatable bonds is 4. The molecule has 2 N–H and O–H groups in total. The fourth-order valence-electron chi connectivity index (χ4n) is 1.06. The summed E-state index contributed by atoms with van der Waals surface area (Å²) < 4.78 is 4.72. The van der Waals surface area contributed by atoms with Crippen molar-refractivity contribution in [2.24, 2.45) is 0 Å². The Bertz CT molecular complexity index is 141. The van der Waals surface area contributed by atoms with Gasteiger partial charge in [0.15, 0.2) is 0 Å². The molecule has 2 atom stereocenters. The van der Waals surface area contributed by atoms with Crippen molar-refractivity contribution >= 4 is 5.97 Å². The van der Waals surface area contributed by atoms with Gasteiger partial charge in [0.25, 0.3) is 0 Å². The smallest absolute Gasteiger partial charge is 0.309 e. The minimum absolute atomic E-state index is 0.0726. The molecule has 1 rings (SSSR count). The van der Waals surface area contributed by atoms with Crippen LogP contribution >= 0.6 is 0 Å². The van der Waals surface area contributed by atoms with Crippen molar-refractivity contribution in [2.75, 3.05) is 6.54 Å². The van der Waals surface area contributed by atoms with E-state index in [0.29, 0.717) is 12.8 Å². The number of hydrogen-bond donors (Lipinski definition) is 2. The Morgan fingerprint density at radius 1 is 1.91 bits per heavy atom. The molecule has 1 aliphatic heterocycles. The molecule has 64 valence electrons. The normalized spacial score (nSPS) is 25.6. The van der Waals surface area contributed by atoms with Gasteiger partial charge in [0.1, 0.15) is 12.3 Å². The summed E-state index contributed by atoms with van der Waals surface area (Å²) in [6.07, 6.45) is 0.330. The van der Waals surface area contributed by atoms with Crippen LogP contribution in [-0.2, 0) is 9.53 Å². The molecule has 0 aromatic heterocycles. The van der Waals surface area contributed by atoms with Crippen LogP contribution in [-0.4, -0.2) is 30.0 Å². The van der Waals surface area contributed by atoms with Crippen LogP contribution in [0.15, 0.2) is 0 Å². The summed E-state index contributed by atoms with van der Waals surface area (Å²) in [5.41, 5.74) is 0. The number of ether oxygens (including phenoxy) is 1. The molecule has 0 bridgehead atoms. The molecule has 0 amide bonds. The molecule has 1 aliphatic rings. The molecule has 0 radical (unpaired) electrons. The Labute approximate surface area is 65.5 Å². The highest BCUT2D eigenvalue weighted by atomic mass is 16.6. The van der Waals surface area contributed by atoms with Gasteiger partial charge in [-0.25, -0.2) is 0 Å². The van der Waals surface area contributed by atoms with E-state index in [0.717, 1.165) is 6.54 Å². The molecule has 0 spiro atoms. The van der Waals surface area contributed by atoms with Crippen LogP contribution in [0.4, 0.5) is 0 Å². The van der Waals surface area contributed by atoms with Crippen molar-refractivity contribution in [1.82, 2.24) is 5.32 Å². The van der Waals surface area contributed by atoms with Crippen molar-refractivity contribution in [1.29, 1.82) is 0 Å². The summed E-state index contributed by atoms with van der Waals surface area (Å²) in [6, 6.07) is 0. The first kappa shape index (κ1) is 8.49. The first-order valence-corrected chi connectivity index (χ1v) is 3.83. The molecule has 4 nitrogen and oxygen atoms in total. The maximum atomic E-state index is 10.3. The first-order valence-electron chi connectivity index (χ1n) is 3.83. The lowest BCUT2D eigenvalue weighted by Crippen LogP contribution is -2.40. The van der Waals surface area contributed by atoms with E-state index in [4.69, 9.17) is 9.84 Å². The van der Waals surface area contributed by atoms with E-state index < -0.39 is 6.23 Å². The van der Waals surface area contributed by atoms with Crippen molar-refractivity contribution in [3.63, 3.8) is 0 Å². The lowest BCUT2D eigenvalue weighted by atomic mass is 10.1. The van der Waals surface area contributed by atoms with Gasteiger partial charge in [-0.15, -0.1) is 0 Å². The summed E-state index contributed by atoms with van der Waals surface area (Å²) in [5.74, 6) is -0.168. The van der Waals surface area contributed by atoms with E-state index in [9.17, 15) is 4.79 Å².